The third kappa shape index (κ3) is 2.23. The average molecular weight is 250 g/mol. The van der Waals surface area contributed by atoms with Gasteiger partial charge in [-0.15, -0.1) is 0 Å². The number of aryl methyl sites for hydroxylation is 2. The lowest BCUT2D eigenvalue weighted by Gasteiger charge is -2.32. The van der Waals surface area contributed by atoms with Crippen molar-refractivity contribution in [2.45, 2.75) is 39.9 Å². The van der Waals surface area contributed by atoms with E-state index in [9.17, 15) is 9.59 Å². The molecule has 1 aliphatic rings. The molecular weight excluding hydrogens is 232 g/mol. The number of rotatable bonds is 3. The Morgan fingerprint density at radius 1 is 1.50 bits per heavy atom. The second kappa shape index (κ2) is 4.80. The van der Waals surface area contributed by atoms with Gasteiger partial charge in [0.25, 0.3) is 0 Å². The predicted octanol–water partition coefficient (Wildman–Crippen LogP) is 0.0583. The van der Waals surface area contributed by atoms with Gasteiger partial charge in [0, 0.05) is 6.54 Å². The number of piperazine rings is 1. The van der Waals surface area contributed by atoms with Crippen LogP contribution in [0.15, 0.2) is 6.07 Å². The summed E-state index contributed by atoms with van der Waals surface area (Å²) in [6.07, 6.45) is 0. The number of hydrogen-bond acceptors (Lipinski definition) is 3. The Hall–Kier alpha value is -1.85. The number of carbonyl (C=O) groups excluding carboxylic acids is 2. The van der Waals surface area contributed by atoms with Crippen LogP contribution >= 0.6 is 0 Å². The molecule has 1 aliphatic heterocycles. The zero-order chi connectivity index (χ0) is 13.3. The fraction of sp³-hybridized carbons (Fsp3) is 0.583. The highest BCUT2D eigenvalue weighted by Gasteiger charge is 2.31. The molecule has 98 valence electrons. The molecule has 2 rings (SSSR count). The van der Waals surface area contributed by atoms with E-state index >= 15 is 0 Å². The van der Waals surface area contributed by atoms with Gasteiger partial charge in [-0.05, 0) is 26.8 Å². The van der Waals surface area contributed by atoms with E-state index in [0.29, 0.717) is 6.54 Å². The molecule has 1 saturated heterocycles. The highest BCUT2D eigenvalue weighted by Crippen LogP contribution is 2.13. The van der Waals surface area contributed by atoms with Crippen LogP contribution in [0.3, 0.4) is 0 Å². The molecular formula is C12H18N4O2. The number of amides is 2. The maximum Gasteiger partial charge on any atom is 0.242 e. The van der Waals surface area contributed by atoms with Crippen LogP contribution in [-0.2, 0) is 22.7 Å². The first-order chi connectivity index (χ1) is 8.52. The van der Waals surface area contributed by atoms with Crippen molar-refractivity contribution in [3.63, 3.8) is 0 Å². The van der Waals surface area contributed by atoms with Gasteiger partial charge in [0.1, 0.15) is 6.04 Å². The van der Waals surface area contributed by atoms with Crippen molar-refractivity contribution in [2.24, 2.45) is 0 Å². The molecule has 0 bridgehead atoms. The summed E-state index contributed by atoms with van der Waals surface area (Å²) in [6.45, 7) is 6.94. The zero-order valence-corrected chi connectivity index (χ0v) is 10.9. The number of aromatic nitrogens is 2. The zero-order valence-electron chi connectivity index (χ0n) is 10.9. The van der Waals surface area contributed by atoms with Gasteiger partial charge in [-0.1, -0.05) is 0 Å². The van der Waals surface area contributed by atoms with Crippen molar-refractivity contribution in [3.05, 3.63) is 17.5 Å². The number of nitrogens with zero attached hydrogens (tertiary/aromatic N) is 3. The fourth-order valence-corrected chi connectivity index (χ4v) is 2.17. The molecule has 6 heteroatoms. The Kier molecular flexibility index (Phi) is 3.36. The molecule has 2 heterocycles. The standard InChI is InChI=1S/C12H18N4O2/c1-4-16-10(5-8(2)14-16)7-15-9(3)12(18)13-6-11(15)17/h5,9H,4,6-7H2,1-3H3,(H,13,18). The summed E-state index contributed by atoms with van der Waals surface area (Å²) < 4.78 is 1.86. The van der Waals surface area contributed by atoms with Gasteiger partial charge in [-0.25, -0.2) is 0 Å². The Balaban J connectivity index is 2.20. The second-order valence-corrected chi connectivity index (χ2v) is 4.51. The molecule has 2 amide bonds. The minimum absolute atomic E-state index is 0.0522. The molecule has 1 atom stereocenters. The predicted molar refractivity (Wildman–Crippen MR) is 65.7 cm³/mol. The maximum absolute atomic E-state index is 11.8. The first-order valence-corrected chi connectivity index (χ1v) is 6.13. The Bertz CT molecular complexity index is 480. The SMILES string of the molecule is CCn1nc(C)cc1CN1C(=O)CNC(=O)C1C. The van der Waals surface area contributed by atoms with E-state index in [-0.39, 0.29) is 18.4 Å². The van der Waals surface area contributed by atoms with Gasteiger partial charge in [0.05, 0.1) is 24.5 Å². The van der Waals surface area contributed by atoms with E-state index in [1.807, 2.05) is 24.6 Å². The van der Waals surface area contributed by atoms with Crippen molar-refractivity contribution in [1.82, 2.24) is 20.0 Å². The molecule has 6 nitrogen and oxygen atoms in total. The topological polar surface area (TPSA) is 67.2 Å². The van der Waals surface area contributed by atoms with E-state index in [2.05, 4.69) is 10.4 Å². The highest BCUT2D eigenvalue weighted by molar-refractivity contribution is 5.94. The molecule has 0 aromatic carbocycles. The van der Waals surface area contributed by atoms with Gasteiger partial charge in [0.2, 0.25) is 11.8 Å². The summed E-state index contributed by atoms with van der Waals surface area (Å²) in [5.74, 6) is -0.155. The van der Waals surface area contributed by atoms with Gasteiger partial charge < -0.3 is 10.2 Å². The summed E-state index contributed by atoms with van der Waals surface area (Å²) in [4.78, 5) is 25.0. The third-order valence-corrected chi connectivity index (χ3v) is 3.20. The van der Waals surface area contributed by atoms with E-state index in [0.717, 1.165) is 17.9 Å². The second-order valence-electron chi connectivity index (χ2n) is 4.51. The lowest BCUT2D eigenvalue weighted by molar-refractivity contribution is -0.145. The van der Waals surface area contributed by atoms with Crippen LogP contribution in [-0.4, -0.2) is 39.1 Å². The summed E-state index contributed by atoms with van der Waals surface area (Å²) in [7, 11) is 0. The minimum atomic E-state index is -0.424. The fourth-order valence-electron chi connectivity index (χ4n) is 2.17. The van der Waals surface area contributed by atoms with Crippen LogP contribution in [0, 0.1) is 6.92 Å². The van der Waals surface area contributed by atoms with Crippen LogP contribution in [0.5, 0.6) is 0 Å². The first kappa shape index (κ1) is 12.6. The smallest absolute Gasteiger partial charge is 0.242 e. The van der Waals surface area contributed by atoms with Gasteiger partial charge in [-0.3, -0.25) is 14.3 Å². The van der Waals surface area contributed by atoms with Crippen molar-refractivity contribution < 1.29 is 9.59 Å². The Labute approximate surface area is 106 Å². The molecule has 0 spiro atoms. The monoisotopic (exact) mass is 250 g/mol. The maximum atomic E-state index is 11.8. The quantitative estimate of drug-likeness (QED) is 0.824. The van der Waals surface area contributed by atoms with Crippen LogP contribution in [0.4, 0.5) is 0 Å². The first-order valence-electron chi connectivity index (χ1n) is 6.13. The lowest BCUT2D eigenvalue weighted by atomic mass is 10.2. The van der Waals surface area contributed by atoms with Crippen LogP contribution in [0.25, 0.3) is 0 Å². The number of carbonyl (C=O) groups is 2. The summed E-state index contributed by atoms with van der Waals surface area (Å²) in [6, 6.07) is 1.53. The van der Waals surface area contributed by atoms with Crippen LogP contribution in [0.2, 0.25) is 0 Å². The summed E-state index contributed by atoms with van der Waals surface area (Å²) in [5, 5.41) is 6.92. The van der Waals surface area contributed by atoms with Crippen molar-refractivity contribution >= 4 is 11.8 Å². The van der Waals surface area contributed by atoms with E-state index < -0.39 is 6.04 Å². The lowest BCUT2D eigenvalue weighted by Crippen LogP contribution is -2.56. The Morgan fingerprint density at radius 2 is 2.22 bits per heavy atom. The highest BCUT2D eigenvalue weighted by atomic mass is 16.2. The number of nitrogens with one attached hydrogen (secondary N) is 1. The molecule has 0 radical (unpaired) electrons. The number of hydrogen-bond donors (Lipinski definition) is 1. The van der Waals surface area contributed by atoms with E-state index in [1.54, 1.807) is 11.8 Å². The third-order valence-electron chi connectivity index (χ3n) is 3.20. The normalized spacial score (nSPS) is 20.2. The Morgan fingerprint density at radius 3 is 2.89 bits per heavy atom. The average Bonchev–Trinajstić information content (AvgIpc) is 2.70. The summed E-state index contributed by atoms with van der Waals surface area (Å²) in [5.41, 5.74) is 1.89. The molecule has 1 N–H and O–H groups in total. The largest absolute Gasteiger partial charge is 0.345 e. The van der Waals surface area contributed by atoms with Gasteiger partial charge >= 0.3 is 0 Å². The summed E-state index contributed by atoms with van der Waals surface area (Å²) >= 11 is 0. The molecule has 1 aromatic rings. The van der Waals surface area contributed by atoms with E-state index in [1.165, 1.54) is 0 Å². The van der Waals surface area contributed by atoms with Crippen molar-refractivity contribution in [1.29, 1.82) is 0 Å². The molecule has 0 saturated carbocycles. The van der Waals surface area contributed by atoms with Gasteiger partial charge in [-0.2, -0.15) is 5.10 Å². The van der Waals surface area contributed by atoms with E-state index in [4.69, 9.17) is 0 Å². The molecule has 1 aromatic heterocycles. The minimum Gasteiger partial charge on any atom is -0.345 e. The van der Waals surface area contributed by atoms with Crippen LogP contribution < -0.4 is 5.32 Å². The molecule has 1 fully saturated rings. The van der Waals surface area contributed by atoms with Crippen LogP contribution in [0.1, 0.15) is 25.2 Å². The molecule has 18 heavy (non-hydrogen) atoms. The van der Waals surface area contributed by atoms with Gasteiger partial charge in [0.15, 0.2) is 0 Å². The molecule has 0 aliphatic carbocycles. The van der Waals surface area contributed by atoms with Crippen molar-refractivity contribution in [2.75, 3.05) is 6.54 Å². The molecule has 1 unspecified atom stereocenters. The van der Waals surface area contributed by atoms with Crippen molar-refractivity contribution in [3.8, 4) is 0 Å².